The Kier molecular flexibility index (Phi) is 2.80. The molecule has 0 aliphatic heterocycles. The second kappa shape index (κ2) is 4.26. The SMILES string of the molecule is Cc1cnc(-c2noc(NC(C)C)n2)nc1. The number of aryl methyl sites for hydroxylation is 1. The van der Waals surface area contributed by atoms with E-state index in [9.17, 15) is 0 Å². The van der Waals surface area contributed by atoms with E-state index in [0.29, 0.717) is 17.7 Å². The molecule has 0 saturated heterocycles. The smallest absolute Gasteiger partial charge is 0.322 e. The van der Waals surface area contributed by atoms with Gasteiger partial charge in [-0.05, 0) is 26.3 Å². The van der Waals surface area contributed by atoms with Crippen LogP contribution >= 0.6 is 0 Å². The first-order chi connectivity index (χ1) is 7.65. The molecule has 2 rings (SSSR count). The van der Waals surface area contributed by atoms with Gasteiger partial charge in [-0.3, -0.25) is 0 Å². The van der Waals surface area contributed by atoms with Crippen LogP contribution in [0.2, 0.25) is 0 Å². The van der Waals surface area contributed by atoms with E-state index in [2.05, 4.69) is 25.4 Å². The van der Waals surface area contributed by atoms with Crippen LogP contribution in [0.3, 0.4) is 0 Å². The Balaban J connectivity index is 2.21. The van der Waals surface area contributed by atoms with E-state index in [-0.39, 0.29) is 6.04 Å². The van der Waals surface area contributed by atoms with E-state index in [1.807, 2.05) is 20.8 Å². The molecule has 0 unspecified atom stereocenters. The molecule has 6 nitrogen and oxygen atoms in total. The van der Waals surface area contributed by atoms with E-state index >= 15 is 0 Å². The Morgan fingerprint density at radius 2 is 1.88 bits per heavy atom. The predicted molar refractivity (Wildman–Crippen MR) is 58.8 cm³/mol. The first kappa shape index (κ1) is 10.5. The van der Waals surface area contributed by atoms with Crippen LogP contribution in [0, 0.1) is 6.92 Å². The molecule has 6 heteroatoms. The Labute approximate surface area is 93.1 Å². The predicted octanol–water partition coefficient (Wildman–Crippen LogP) is 1.66. The summed E-state index contributed by atoms with van der Waals surface area (Å²) in [6, 6.07) is 0.626. The molecule has 2 aromatic rings. The second-order valence-electron chi connectivity index (χ2n) is 3.81. The molecule has 0 bridgehead atoms. The normalized spacial score (nSPS) is 10.8. The standard InChI is InChI=1S/C10H13N5O/c1-6(2)13-10-14-9(15-16-10)8-11-4-7(3)5-12-8/h4-6H,1-3H3,(H,13,14,15). The zero-order valence-corrected chi connectivity index (χ0v) is 9.43. The molecule has 0 aromatic carbocycles. The zero-order chi connectivity index (χ0) is 11.5. The monoisotopic (exact) mass is 219 g/mol. The molecule has 0 saturated carbocycles. The Bertz CT molecular complexity index is 462. The first-order valence-electron chi connectivity index (χ1n) is 5.04. The van der Waals surface area contributed by atoms with Gasteiger partial charge in [0.25, 0.3) is 0 Å². The number of nitrogens with zero attached hydrogens (tertiary/aromatic N) is 4. The second-order valence-corrected chi connectivity index (χ2v) is 3.81. The van der Waals surface area contributed by atoms with Crippen molar-refractivity contribution in [2.75, 3.05) is 5.32 Å². The largest absolute Gasteiger partial charge is 0.336 e. The highest BCUT2D eigenvalue weighted by atomic mass is 16.5. The van der Waals surface area contributed by atoms with E-state index in [0.717, 1.165) is 5.56 Å². The van der Waals surface area contributed by atoms with Gasteiger partial charge in [0.05, 0.1) is 0 Å². The summed E-state index contributed by atoms with van der Waals surface area (Å²) in [5.74, 6) is 0.856. The fraction of sp³-hybridized carbons (Fsp3) is 0.400. The van der Waals surface area contributed by atoms with E-state index in [4.69, 9.17) is 4.52 Å². The molecule has 2 aromatic heterocycles. The van der Waals surface area contributed by atoms with Crippen LogP contribution in [0.25, 0.3) is 11.6 Å². The lowest BCUT2D eigenvalue weighted by molar-refractivity contribution is 0.429. The molecule has 84 valence electrons. The molecule has 0 fully saturated rings. The van der Waals surface area contributed by atoms with Crippen LogP contribution < -0.4 is 5.32 Å². The van der Waals surface area contributed by atoms with Crippen molar-refractivity contribution in [3.8, 4) is 11.6 Å². The van der Waals surface area contributed by atoms with Crippen molar-refractivity contribution in [2.24, 2.45) is 0 Å². The molecule has 0 radical (unpaired) electrons. The lowest BCUT2D eigenvalue weighted by Gasteiger charge is -2.01. The van der Waals surface area contributed by atoms with Crippen LogP contribution in [0.15, 0.2) is 16.9 Å². The van der Waals surface area contributed by atoms with E-state index in [1.54, 1.807) is 12.4 Å². The molecule has 16 heavy (non-hydrogen) atoms. The fourth-order valence-corrected chi connectivity index (χ4v) is 1.13. The van der Waals surface area contributed by atoms with E-state index in [1.165, 1.54) is 0 Å². The summed E-state index contributed by atoms with van der Waals surface area (Å²) in [7, 11) is 0. The zero-order valence-electron chi connectivity index (χ0n) is 9.43. The van der Waals surface area contributed by atoms with Gasteiger partial charge in [0, 0.05) is 18.4 Å². The minimum absolute atomic E-state index is 0.243. The summed E-state index contributed by atoms with van der Waals surface area (Å²) in [5, 5.41) is 6.81. The van der Waals surface area contributed by atoms with Gasteiger partial charge in [-0.1, -0.05) is 5.16 Å². The maximum atomic E-state index is 5.01. The average Bonchev–Trinajstić information content (AvgIpc) is 2.66. The molecule has 1 N–H and O–H groups in total. The van der Waals surface area contributed by atoms with Crippen molar-refractivity contribution in [3.05, 3.63) is 18.0 Å². The number of aromatic nitrogens is 4. The van der Waals surface area contributed by atoms with Crippen LogP contribution in [-0.2, 0) is 0 Å². The van der Waals surface area contributed by atoms with Gasteiger partial charge in [0.2, 0.25) is 11.6 Å². The van der Waals surface area contributed by atoms with Crippen molar-refractivity contribution in [1.29, 1.82) is 0 Å². The molecular formula is C10H13N5O. The van der Waals surface area contributed by atoms with E-state index < -0.39 is 0 Å². The summed E-state index contributed by atoms with van der Waals surface area (Å²) >= 11 is 0. The lowest BCUT2D eigenvalue weighted by Crippen LogP contribution is -2.09. The third-order valence-corrected chi connectivity index (χ3v) is 1.82. The minimum atomic E-state index is 0.243. The van der Waals surface area contributed by atoms with Gasteiger partial charge in [0.15, 0.2) is 0 Å². The summed E-state index contributed by atoms with van der Waals surface area (Å²) in [5.41, 5.74) is 0.993. The topological polar surface area (TPSA) is 76.7 Å². The van der Waals surface area contributed by atoms with Crippen LogP contribution in [0.5, 0.6) is 0 Å². The molecule has 0 amide bonds. The molecular weight excluding hydrogens is 206 g/mol. The van der Waals surface area contributed by atoms with Crippen LogP contribution in [0.1, 0.15) is 19.4 Å². The van der Waals surface area contributed by atoms with Crippen molar-refractivity contribution >= 4 is 6.01 Å². The van der Waals surface area contributed by atoms with Gasteiger partial charge < -0.3 is 9.84 Å². The molecule has 0 atom stereocenters. The number of anilines is 1. The summed E-state index contributed by atoms with van der Waals surface area (Å²) in [6.07, 6.45) is 3.43. The maximum Gasteiger partial charge on any atom is 0.322 e. The number of hydrogen-bond acceptors (Lipinski definition) is 6. The fourth-order valence-electron chi connectivity index (χ4n) is 1.13. The van der Waals surface area contributed by atoms with Crippen molar-refractivity contribution in [1.82, 2.24) is 20.1 Å². The van der Waals surface area contributed by atoms with Gasteiger partial charge in [0.1, 0.15) is 0 Å². The van der Waals surface area contributed by atoms with Gasteiger partial charge in [-0.25, -0.2) is 9.97 Å². The highest BCUT2D eigenvalue weighted by Gasteiger charge is 2.10. The number of nitrogens with one attached hydrogen (secondary N) is 1. The third-order valence-electron chi connectivity index (χ3n) is 1.82. The van der Waals surface area contributed by atoms with Gasteiger partial charge >= 0.3 is 6.01 Å². The van der Waals surface area contributed by atoms with Crippen molar-refractivity contribution < 1.29 is 4.52 Å². The molecule has 0 aliphatic carbocycles. The van der Waals surface area contributed by atoms with Gasteiger partial charge in [-0.15, -0.1) is 0 Å². The van der Waals surface area contributed by atoms with Crippen LogP contribution in [-0.4, -0.2) is 26.2 Å². The van der Waals surface area contributed by atoms with Crippen molar-refractivity contribution in [2.45, 2.75) is 26.8 Å². The maximum absolute atomic E-state index is 5.01. The quantitative estimate of drug-likeness (QED) is 0.845. The average molecular weight is 219 g/mol. The van der Waals surface area contributed by atoms with Crippen molar-refractivity contribution in [3.63, 3.8) is 0 Å². The highest BCUT2D eigenvalue weighted by Crippen LogP contribution is 2.13. The first-order valence-corrected chi connectivity index (χ1v) is 5.04. The summed E-state index contributed by atoms with van der Waals surface area (Å²) in [4.78, 5) is 12.4. The Morgan fingerprint density at radius 3 is 2.50 bits per heavy atom. The Hall–Kier alpha value is -1.98. The summed E-state index contributed by atoms with van der Waals surface area (Å²) < 4.78 is 5.01. The van der Waals surface area contributed by atoms with Crippen LogP contribution in [0.4, 0.5) is 6.01 Å². The molecule has 0 spiro atoms. The summed E-state index contributed by atoms with van der Waals surface area (Å²) in [6.45, 7) is 5.91. The number of hydrogen-bond donors (Lipinski definition) is 1. The third kappa shape index (κ3) is 2.33. The van der Waals surface area contributed by atoms with Gasteiger partial charge in [-0.2, -0.15) is 4.98 Å². The molecule has 0 aliphatic rings. The Morgan fingerprint density at radius 1 is 1.19 bits per heavy atom. The minimum Gasteiger partial charge on any atom is -0.336 e. The highest BCUT2D eigenvalue weighted by molar-refractivity contribution is 5.43. The lowest BCUT2D eigenvalue weighted by atomic mass is 10.4. The molecule has 2 heterocycles. The number of rotatable bonds is 3.